The number of rotatable bonds is 4. The third-order valence-corrected chi connectivity index (χ3v) is 5.97. The van der Waals surface area contributed by atoms with Gasteiger partial charge in [-0.3, -0.25) is 14.3 Å². The number of fused-ring (bicyclic) bond motifs is 1. The average molecular weight is 431 g/mol. The third-order valence-electron chi connectivity index (χ3n) is 5.05. The highest BCUT2D eigenvalue weighted by molar-refractivity contribution is 7.91. The van der Waals surface area contributed by atoms with Gasteiger partial charge in [0, 0.05) is 31.3 Å². The Hall–Kier alpha value is -3.34. The summed E-state index contributed by atoms with van der Waals surface area (Å²) in [5.74, 6) is 0.261. The van der Waals surface area contributed by atoms with Gasteiger partial charge in [0.1, 0.15) is 5.75 Å². The molecule has 0 radical (unpaired) electrons. The molecule has 2 aliphatic heterocycles. The SMILES string of the molecule is NC1=NS(=O)(=O)Nc2cccc(OCC3CCCN(C(=O)c4ccc(=O)[nH]c4)C3)c21. The lowest BCUT2D eigenvalue weighted by Crippen LogP contribution is -2.41. The molecule has 1 amide bonds. The van der Waals surface area contributed by atoms with Crippen LogP contribution < -0.4 is 20.8 Å². The fraction of sp³-hybridized carbons (Fsp3) is 0.316. The topological polar surface area (TPSA) is 147 Å². The van der Waals surface area contributed by atoms with Crippen LogP contribution in [0, 0.1) is 5.92 Å². The normalized spacial score (nSPS) is 19.9. The molecule has 3 heterocycles. The maximum atomic E-state index is 12.7. The van der Waals surface area contributed by atoms with Crippen molar-refractivity contribution in [1.82, 2.24) is 9.88 Å². The number of aromatic nitrogens is 1. The molecule has 1 aromatic heterocycles. The minimum absolute atomic E-state index is 0.0970. The molecular weight excluding hydrogens is 410 g/mol. The first-order valence-electron chi connectivity index (χ1n) is 9.45. The molecular formula is C19H21N5O5S. The summed E-state index contributed by atoms with van der Waals surface area (Å²) < 4.78 is 35.2. The van der Waals surface area contributed by atoms with E-state index < -0.39 is 10.2 Å². The van der Waals surface area contributed by atoms with Crippen LogP contribution in [-0.2, 0) is 10.2 Å². The van der Waals surface area contributed by atoms with Gasteiger partial charge >= 0.3 is 10.2 Å². The summed E-state index contributed by atoms with van der Waals surface area (Å²) >= 11 is 0. The Morgan fingerprint density at radius 3 is 2.90 bits per heavy atom. The van der Waals surface area contributed by atoms with Crippen molar-refractivity contribution in [2.75, 3.05) is 24.4 Å². The van der Waals surface area contributed by atoms with Crippen molar-refractivity contribution < 1.29 is 17.9 Å². The Morgan fingerprint density at radius 1 is 1.30 bits per heavy atom. The highest BCUT2D eigenvalue weighted by Crippen LogP contribution is 2.31. The molecule has 4 N–H and O–H groups in total. The smallest absolute Gasteiger partial charge is 0.344 e. The van der Waals surface area contributed by atoms with E-state index in [2.05, 4.69) is 14.1 Å². The van der Waals surface area contributed by atoms with E-state index in [0.29, 0.717) is 42.3 Å². The van der Waals surface area contributed by atoms with E-state index in [1.54, 1.807) is 23.1 Å². The highest BCUT2D eigenvalue weighted by atomic mass is 32.2. The number of aromatic amines is 1. The van der Waals surface area contributed by atoms with Gasteiger partial charge < -0.3 is 20.4 Å². The van der Waals surface area contributed by atoms with Crippen molar-refractivity contribution in [2.45, 2.75) is 12.8 Å². The van der Waals surface area contributed by atoms with Crippen molar-refractivity contribution >= 4 is 27.6 Å². The molecule has 1 fully saturated rings. The first-order chi connectivity index (χ1) is 14.3. The largest absolute Gasteiger partial charge is 0.492 e. The van der Waals surface area contributed by atoms with Gasteiger partial charge in [0.25, 0.3) is 5.91 Å². The Morgan fingerprint density at radius 2 is 2.13 bits per heavy atom. The Kier molecular flexibility index (Phi) is 5.20. The number of ether oxygens (including phenoxy) is 1. The number of benzene rings is 1. The standard InChI is InChI=1S/C19H21N5O5S/c20-18-17-14(22-30(27,28)23-18)4-1-5-15(17)29-11-12-3-2-8-24(10-12)19(26)13-6-7-16(25)21-9-13/h1,4-7,9,12,22H,2-3,8,10-11H2,(H2,20,23)(H,21,25). The van der Waals surface area contributed by atoms with Crippen LogP contribution in [0.25, 0.3) is 0 Å². The van der Waals surface area contributed by atoms with Crippen LogP contribution in [0.5, 0.6) is 5.75 Å². The minimum Gasteiger partial charge on any atom is -0.492 e. The van der Waals surface area contributed by atoms with Gasteiger partial charge in [-0.1, -0.05) is 6.07 Å². The summed E-state index contributed by atoms with van der Waals surface area (Å²) in [5.41, 5.74) is 6.74. The number of nitrogens with two attached hydrogens (primary N) is 1. The minimum atomic E-state index is -3.85. The zero-order chi connectivity index (χ0) is 21.3. The molecule has 0 saturated carbocycles. The average Bonchev–Trinajstić information content (AvgIpc) is 2.71. The number of carbonyl (C=O) groups excluding carboxylic acids is 1. The Labute approximate surface area is 172 Å². The van der Waals surface area contributed by atoms with E-state index in [9.17, 15) is 18.0 Å². The highest BCUT2D eigenvalue weighted by Gasteiger charge is 2.27. The zero-order valence-corrected chi connectivity index (χ0v) is 16.8. The van der Waals surface area contributed by atoms with Gasteiger partial charge in [-0.15, -0.1) is 4.40 Å². The summed E-state index contributed by atoms with van der Waals surface area (Å²) in [5, 5.41) is 0. The Balaban J connectivity index is 1.44. The van der Waals surface area contributed by atoms with Gasteiger partial charge in [-0.2, -0.15) is 8.42 Å². The predicted molar refractivity (Wildman–Crippen MR) is 111 cm³/mol. The van der Waals surface area contributed by atoms with E-state index in [4.69, 9.17) is 10.5 Å². The number of piperidine rings is 1. The van der Waals surface area contributed by atoms with E-state index in [-0.39, 0.29) is 23.2 Å². The van der Waals surface area contributed by atoms with Gasteiger partial charge in [-0.05, 0) is 31.0 Å². The van der Waals surface area contributed by atoms with Crippen molar-refractivity contribution in [2.24, 2.45) is 16.0 Å². The molecule has 1 atom stereocenters. The molecule has 10 nitrogen and oxygen atoms in total. The second-order valence-electron chi connectivity index (χ2n) is 7.24. The number of nitrogens with zero attached hydrogens (tertiary/aromatic N) is 2. The lowest BCUT2D eigenvalue weighted by molar-refractivity contribution is 0.0633. The number of H-pyrrole nitrogens is 1. The predicted octanol–water partition coefficient (Wildman–Crippen LogP) is 0.682. The van der Waals surface area contributed by atoms with E-state index >= 15 is 0 Å². The second kappa shape index (κ2) is 7.82. The lowest BCUT2D eigenvalue weighted by Gasteiger charge is -2.33. The molecule has 0 aliphatic carbocycles. The maximum absolute atomic E-state index is 12.7. The summed E-state index contributed by atoms with van der Waals surface area (Å²) in [6.07, 6.45) is 3.14. The molecule has 0 bridgehead atoms. The molecule has 1 unspecified atom stereocenters. The summed E-state index contributed by atoms with van der Waals surface area (Å²) in [4.78, 5) is 28.2. The van der Waals surface area contributed by atoms with Crippen molar-refractivity contribution in [3.8, 4) is 5.75 Å². The van der Waals surface area contributed by atoms with E-state index in [1.807, 2.05) is 0 Å². The number of hydrogen-bond donors (Lipinski definition) is 3. The van der Waals surface area contributed by atoms with E-state index in [1.165, 1.54) is 18.3 Å². The van der Waals surface area contributed by atoms with E-state index in [0.717, 1.165) is 12.8 Å². The first kappa shape index (κ1) is 20.0. The summed E-state index contributed by atoms with van der Waals surface area (Å²) in [6.45, 7) is 1.49. The molecule has 11 heteroatoms. The molecule has 158 valence electrons. The van der Waals surface area contributed by atoms with Crippen LogP contribution >= 0.6 is 0 Å². The van der Waals surface area contributed by atoms with Gasteiger partial charge in [0.15, 0.2) is 5.84 Å². The number of likely N-dealkylation sites (tertiary alicyclic amines) is 1. The summed E-state index contributed by atoms with van der Waals surface area (Å²) in [6, 6.07) is 7.80. The molecule has 2 aromatic rings. The van der Waals surface area contributed by atoms with Gasteiger partial charge in [0.2, 0.25) is 5.56 Å². The number of anilines is 1. The quantitative estimate of drug-likeness (QED) is 0.649. The summed E-state index contributed by atoms with van der Waals surface area (Å²) in [7, 11) is -3.85. The van der Waals surface area contributed by atoms with Gasteiger partial charge in [0.05, 0.1) is 23.4 Å². The maximum Gasteiger partial charge on any atom is 0.344 e. The van der Waals surface area contributed by atoms with Crippen LogP contribution in [0.2, 0.25) is 0 Å². The lowest BCUT2D eigenvalue weighted by atomic mass is 9.98. The fourth-order valence-corrected chi connectivity index (χ4v) is 4.50. The van der Waals surface area contributed by atoms with Crippen LogP contribution in [-0.4, -0.2) is 49.7 Å². The van der Waals surface area contributed by atoms with Crippen LogP contribution in [0.4, 0.5) is 5.69 Å². The van der Waals surface area contributed by atoms with Crippen molar-refractivity contribution in [3.05, 3.63) is 58.0 Å². The molecule has 1 saturated heterocycles. The Bertz CT molecular complexity index is 1150. The third kappa shape index (κ3) is 4.15. The monoisotopic (exact) mass is 431 g/mol. The van der Waals surface area contributed by atoms with Crippen molar-refractivity contribution in [3.63, 3.8) is 0 Å². The second-order valence-corrected chi connectivity index (χ2v) is 8.58. The van der Waals surface area contributed by atoms with Crippen LogP contribution in [0.1, 0.15) is 28.8 Å². The fourth-order valence-electron chi connectivity index (χ4n) is 3.66. The number of nitrogens with one attached hydrogen (secondary N) is 2. The number of hydrogen-bond acceptors (Lipinski definition) is 6. The zero-order valence-electron chi connectivity index (χ0n) is 16.0. The number of amides is 1. The van der Waals surface area contributed by atoms with Gasteiger partial charge in [-0.25, -0.2) is 0 Å². The number of pyridine rings is 1. The molecule has 1 aromatic carbocycles. The first-order valence-corrected chi connectivity index (χ1v) is 10.9. The molecule has 0 spiro atoms. The molecule has 4 rings (SSSR count). The number of amidine groups is 1. The molecule has 2 aliphatic rings. The van der Waals surface area contributed by atoms with Crippen LogP contribution in [0.15, 0.2) is 45.7 Å². The molecule has 30 heavy (non-hydrogen) atoms. The van der Waals surface area contributed by atoms with Crippen LogP contribution in [0.3, 0.4) is 0 Å². The van der Waals surface area contributed by atoms with Crippen molar-refractivity contribution in [1.29, 1.82) is 0 Å². The number of carbonyl (C=O) groups is 1.